The molecule has 2 rings (SSSR count). The normalized spacial score (nSPS) is 18.6. The number of amides is 3. The first kappa shape index (κ1) is 31.8. The molecule has 1 aliphatic heterocycles. The Balaban J connectivity index is 1.95. The highest BCUT2D eigenvalue weighted by Crippen LogP contribution is 2.42. The van der Waals surface area contributed by atoms with E-state index in [1.165, 1.54) is 5.56 Å². The van der Waals surface area contributed by atoms with Crippen LogP contribution in [0.1, 0.15) is 65.9 Å². The van der Waals surface area contributed by atoms with Gasteiger partial charge in [0.05, 0.1) is 18.7 Å². The third-order valence-electron chi connectivity index (χ3n) is 6.66. The van der Waals surface area contributed by atoms with Gasteiger partial charge in [-0.2, -0.15) is 8.42 Å². The first-order chi connectivity index (χ1) is 17.4. The summed E-state index contributed by atoms with van der Waals surface area (Å²) in [6.07, 6.45) is 0.276. The summed E-state index contributed by atoms with van der Waals surface area (Å²) in [7, 11) is -4.29. The van der Waals surface area contributed by atoms with Gasteiger partial charge in [-0.1, -0.05) is 51.4 Å². The van der Waals surface area contributed by atoms with Gasteiger partial charge in [-0.3, -0.25) is 14.1 Å². The molecule has 214 valence electrons. The van der Waals surface area contributed by atoms with Crippen LogP contribution in [0.2, 0.25) is 5.02 Å². The van der Waals surface area contributed by atoms with E-state index in [9.17, 15) is 22.8 Å². The van der Waals surface area contributed by atoms with Crippen LogP contribution in [0.25, 0.3) is 0 Å². The van der Waals surface area contributed by atoms with Crippen molar-refractivity contribution < 1.29 is 32.1 Å². The predicted molar refractivity (Wildman–Crippen MR) is 146 cm³/mol. The monoisotopic (exact) mass is 573 g/mol. The molecule has 1 aliphatic rings. The maximum Gasteiger partial charge on any atom is 0.315 e. The molecule has 3 amide bonds. The van der Waals surface area contributed by atoms with Crippen LogP contribution < -0.4 is 10.6 Å². The molecular formula is C26H40ClN3O7S. The zero-order chi connectivity index (χ0) is 28.9. The highest BCUT2D eigenvalue weighted by molar-refractivity contribution is 7.85. The van der Waals surface area contributed by atoms with Gasteiger partial charge >= 0.3 is 12.0 Å². The van der Waals surface area contributed by atoms with Crippen molar-refractivity contribution in [3.8, 4) is 0 Å². The average Bonchev–Trinajstić information content (AvgIpc) is 2.79. The van der Waals surface area contributed by atoms with Crippen molar-refractivity contribution in [2.75, 3.05) is 25.4 Å². The summed E-state index contributed by atoms with van der Waals surface area (Å²) >= 11 is 6.05. The molecule has 1 aromatic carbocycles. The molecule has 1 heterocycles. The Morgan fingerprint density at radius 1 is 1.21 bits per heavy atom. The quantitative estimate of drug-likeness (QED) is 0.287. The number of hydrogen-bond acceptors (Lipinski definition) is 6. The highest BCUT2D eigenvalue weighted by Gasteiger charge is 2.40. The molecule has 1 saturated heterocycles. The molecule has 0 spiro atoms. The number of benzene rings is 1. The van der Waals surface area contributed by atoms with Crippen molar-refractivity contribution in [1.29, 1.82) is 0 Å². The number of likely N-dealkylation sites (tertiary alicyclic amines) is 1. The van der Waals surface area contributed by atoms with Gasteiger partial charge in [0.15, 0.2) is 0 Å². The Morgan fingerprint density at radius 3 is 2.34 bits per heavy atom. The van der Waals surface area contributed by atoms with Crippen LogP contribution in [0, 0.1) is 11.3 Å². The first-order valence-corrected chi connectivity index (χ1v) is 14.6. The van der Waals surface area contributed by atoms with Crippen molar-refractivity contribution in [3.63, 3.8) is 0 Å². The van der Waals surface area contributed by atoms with Gasteiger partial charge < -0.3 is 20.3 Å². The molecule has 38 heavy (non-hydrogen) atoms. The number of nitrogens with zero attached hydrogens (tertiary/aromatic N) is 1. The third-order valence-corrected chi connectivity index (χ3v) is 7.63. The summed E-state index contributed by atoms with van der Waals surface area (Å²) < 4.78 is 35.6. The fourth-order valence-electron chi connectivity index (χ4n) is 4.66. The molecule has 0 aromatic heterocycles. The highest BCUT2D eigenvalue weighted by atomic mass is 35.5. The van der Waals surface area contributed by atoms with Gasteiger partial charge in [0, 0.05) is 18.1 Å². The molecule has 12 heteroatoms. The smallest absolute Gasteiger partial charge is 0.315 e. The van der Waals surface area contributed by atoms with E-state index in [1.807, 2.05) is 38.1 Å². The Hall–Kier alpha value is -2.37. The van der Waals surface area contributed by atoms with Crippen molar-refractivity contribution in [1.82, 2.24) is 15.5 Å². The summed E-state index contributed by atoms with van der Waals surface area (Å²) in [4.78, 5) is 39.8. The number of piperidine rings is 1. The van der Waals surface area contributed by atoms with E-state index >= 15 is 0 Å². The maximum atomic E-state index is 13.5. The molecule has 1 unspecified atom stereocenters. The summed E-state index contributed by atoms with van der Waals surface area (Å²) in [6, 6.07) is 6.48. The van der Waals surface area contributed by atoms with Crippen LogP contribution in [0.3, 0.4) is 0 Å². The predicted octanol–water partition coefficient (Wildman–Crippen LogP) is 3.61. The summed E-state index contributed by atoms with van der Waals surface area (Å²) in [5.41, 5.74) is -0.140. The van der Waals surface area contributed by atoms with Crippen LogP contribution in [-0.2, 0) is 24.4 Å². The fraction of sp³-hybridized carbons (Fsp3) is 0.654. The van der Waals surface area contributed by atoms with E-state index in [-0.39, 0.29) is 29.7 Å². The summed E-state index contributed by atoms with van der Waals surface area (Å²) in [5.74, 6) is -1.64. The molecule has 10 nitrogen and oxygen atoms in total. The van der Waals surface area contributed by atoms with Crippen LogP contribution in [-0.4, -0.2) is 72.8 Å². The molecule has 0 bridgehead atoms. The number of ether oxygens (including phenoxy) is 1. The largest absolute Gasteiger partial charge is 0.458 e. The number of rotatable bonds is 10. The van der Waals surface area contributed by atoms with Crippen LogP contribution >= 0.6 is 11.6 Å². The Labute approximate surface area is 230 Å². The van der Waals surface area contributed by atoms with Crippen molar-refractivity contribution in [2.24, 2.45) is 11.3 Å². The lowest BCUT2D eigenvalue weighted by molar-refractivity contribution is -0.155. The molecule has 0 radical (unpaired) electrons. The van der Waals surface area contributed by atoms with Crippen LogP contribution in [0.4, 0.5) is 4.79 Å². The standard InChI is InChI=1S/C26H40ClN3O7S/c1-17(2)22(29-24(33)28-15-26(5,6)37-21(31)12-14-38(34,35)36)23(32)30-13-11-20(25(3,4)16-30)18-7-9-19(27)10-8-18/h7-10,17,20,22H,11-16H2,1-6H3,(H2,28,29,33)(H,34,35,36)/t20?,22-/m1/s1. The number of halogens is 1. The van der Waals surface area contributed by atoms with Gasteiger partial charge in [0.2, 0.25) is 5.91 Å². The fourth-order valence-corrected chi connectivity index (χ4v) is 5.21. The van der Waals surface area contributed by atoms with Crippen LogP contribution in [0.15, 0.2) is 24.3 Å². The second-order valence-corrected chi connectivity index (χ2v) is 13.5. The van der Waals surface area contributed by atoms with Crippen LogP contribution in [0.5, 0.6) is 0 Å². The van der Waals surface area contributed by atoms with Crippen molar-refractivity contribution in [3.05, 3.63) is 34.9 Å². The van der Waals surface area contributed by atoms with E-state index in [1.54, 1.807) is 18.7 Å². The van der Waals surface area contributed by atoms with Gasteiger partial charge in [-0.25, -0.2) is 4.79 Å². The molecule has 2 atom stereocenters. The van der Waals surface area contributed by atoms with E-state index < -0.39 is 45.9 Å². The van der Waals surface area contributed by atoms with Gasteiger partial charge in [0.25, 0.3) is 10.1 Å². The zero-order valence-corrected chi connectivity index (χ0v) is 24.5. The molecular weight excluding hydrogens is 534 g/mol. The summed E-state index contributed by atoms with van der Waals surface area (Å²) in [5, 5.41) is 6.05. The average molecular weight is 574 g/mol. The molecule has 1 aromatic rings. The van der Waals surface area contributed by atoms with Crippen molar-refractivity contribution >= 4 is 39.6 Å². The SMILES string of the molecule is CC(C)[C@@H](NC(=O)NCC(C)(C)OC(=O)CCS(=O)(=O)O)C(=O)N1CCC(c2ccc(Cl)cc2)C(C)(C)C1. The van der Waals surface area contributed by atoms with E-state index in [4.69, 9.17) is 20.9 Å². The topological polar surface area (TPSA) is 142 Å². The van der Waals surface area contributed by atoms with Gasteiger partial charge in [-0.15, -0.1) is 0 Å². The number of hydrogen-bond donors (Lipinski definition) is 3. The van der Waals surface area contributed by atoms with E-state index in [2.05, 4.69) is 24.5 Å². The Morgan fingerprint density at radius 2 is 1.82 bits per heavy atom. The number of esters is 1. The summed E-state index contributed by atoms with van der Waals surface area (Å²) in [6.45, 7) is 12.1. The van der Waals surface area contributed by atoms with Crippen molar-refractivity contribution in [2.45, 2.75) is 71.9 Å². The first-order valence-electron chi connectivity index (χ1n) is 12.7. The lowest BCUT2D eigenvalue weighted by Crippen LogP contribution is -2.58. The van der Waals surface area contributed by atoms with Gasteiger partial charge in [-0.05, 0) is 55.2 Å². The Kier molecular flexibility index (Phi) is 10.6. The molecule has 0 aliphatic carbocycles. The molecule has 1 fully saturated rings. The molecule has 3 N–H and O–H groups in total. The number of nitrogens with one attached hydrogen (secondary N) is 2. The molecule has 0 saturated carbocycles. The van der Waals surface area contributed by atoms with E-state index in [0.29, 0.717) is 18.1 Å². The zero-order valence-electron chi connectivity index (χ0n) is 22.9. The lowest BCUT2D eigenvalue weighted by Gasteiger charge is -2.45. The van der Waals surface area contributed by atoms with E-state index in [0.717, 1.165) is 6.42 Å². The lowest BCUT2D eigenvalue weighted by atomic mass is 9.70. The number of carbonyl (C=O) groups excluding carboxylic acids is 3. The third kappa shape index (κ3) is 9.74. The van der Waals surface area contributed by atoms with Gasteiger partial charge in [0.1, 0.15) is 11.6 Å². The number of carbonyl (C=O) groups is 3. The second-order valence-electron chi connectivity index (χ2n) is 11.5. The Bertz CT molecular complexity index is 1100. The minimum absolute atomic E-state index is 0.0744. The minimum Gasteiger partial charge on any atom is -0.458 e. The second kappa shape index (κ2) is 12.7. The number of urea groups is 1. The minimum atomic E-state index is -4.29. The maximum absolute atomic E-state index is 13.5.